The summed E-state index contributed by atoms with van der Waals surface area (Å²) in [7, 11) is 0. The van der Waals surface area contributed by atoms with E-state index in [9.17, 15) is 4.79 Å². The fourth-order valence-electron chi connectivity index (χ4n) is 4.03. The molecule has 3 heterocycles. The van der Waals surface area contributed by atoms with E-state index in [-0.39, 0.29) is 10.6 Å². The van der Waals surface area contributed by atoms with E-state index in [4.69, 9.17) is 21.1 Å². The van der Waals surface area contributed by atoms with Gasteiger partial charge < -0.3 is 14.8 Å². The standard InChI is InChI=1S/C21H27ClN4O3/c22-20-18(12-24-26(21(20)27)14-16-4-2-1-3-5-16)23-13-19(17-6-9-29-15-17)25-7-10-28-11-8-25/h1-5,12,17,19,23H,6-11,13-15H2. The summed E-state index contributed by atoms with van der Waals surface area (Å²) in [5.74, 6) is 0.464. The molecule has 7 nitrogen and oxygen atoms in total. The van der Waals surface area contributed by atoms with Gasteiger partial charge >= 0.3 is 0 Å². The number of benzene rings is 1. The molecule has 0 bridgehead atoms. The van der Waals surface area contributed by atoms with Crippen molar-refractivity contribution in [2.75, 3.05) is 51.4 Å². The van der Waals surface area contributed by atoms with Crippen molar-refractivity contribution < 1.29 is 9.47 Å². The maximum Gasteiger partial charge on any atom is 0.287 e. The summed E-state index contributed by atoms with van der Waals surface area (Å²) in [4.78, 5) is 15.1. The van der Waals surface area contributed by atoms with E-state index in [1.165, 1.54) is 4.68 Å². The van der Waals surface area contributed by atoms with Crippen LogP contribution in [0.5, 0.6) is 0 Å². The molecule has 1 aromatic carbocycles. The molecule has 2 aromatic rings. The van der Waals surface area contributed by atoms with Gasteiger partial charge in [-0.1, -0.05) is 41.9 Å². The Kier molecular flexibility index (Phi) is 6.82. The minimum Gasteiger partial charge on any atom is -0.381 e. The van der Waals surface area contributed by atoms with Crippen LogP contribution < -0.4 is 10.9 Å². The van der Waals surface area contributed by atoms with Gasteiger partial charge in [-0.3, -0.25) is 9.69 Å². The summed E-state index contributed by atoms with van der Waals surface area (Å²) in [6.45, 7) is 6.00. The molecular weight excluding hydrogens is 392 g/mol. The third-order valence-electron chi connectivity index (χ3n) is 5.69. The molecule has 2 aliphatic rings. The van der Waals surface area contributed by atoms with E-state index in [0.717, 1.165) is 51.5 Å². The highest BCUT2D eigenvalue weighted by Crippen LogP contribution is 2.24. The number of hydrogen-bond acceptors (Lipinski definition) is 6. The average Bonchev–Trinajstić information content (AvgIpc) is 3.29. The molecule has 0 saturated carbocycles. The van der Waals surface area contributed by atoms with Gasteiger partial charge in [-0.05, 0) is 12.0 Å². The summed E-state index contributed by atoms with van der Waals surface area (Å²) >= 11 is 6.40. The number of rotatable bonds is 7. The molecule has 2 atom stereocenters. The highest BCUT2D eigenvalue weighted by molar-refractivity contribution is 6.32. The lowest BCUT2D eigenvalue weighted by Crippen LogP contribution is -2.50. The molecule has 8 heteroatoms. The largest absolute Gasteiger partial charge is 0.381 e. The number of morpholine rings is 1. The van der Waals surface area contributed by atoms with E-state index < -0.39 is 0 Å². The molecule has 0 amide bonds. The molecule has 29 heavy (non-hydrogen) atoms. The van der Waals surface area contributed by atoms with Crippen molar-refractivity contribution in [3.8, 4) is 0 Å². The second-order valence-corrected chi connectivity index (χ2v) is 7.92. The van der Waals surface area contributed by atoms with Crippen molar-refractivity contribution in [1.82, 2.24) is 14.7 Å². The minimum absolute atomic E-state index is 0.180. The first-order valence-corrected chi connectivity index (χ1v) is 10.5. The Balaban J connectivity index is 1.46. The van der Waals surface area contributed by atoms with Crippen LogP contribution in [0.4, 0.5) is 5.69 Å². The lowest BCUT2D eigenvalue weighted by Gasteiger charge is -2.37. The summed E-state index contributed by atoms with van der Waals surface area (Å²) in [6, 6.07) is 10.1. The first-order chi connectivity index (χ1) is 14.2. The van der Waals surface area contributed by atoms with E-state index in [1.54, 1.807) is 6.20 Å². The number of nitrogens with one attached hydrogen (secondary N) is 1. The summed E-state index contributed by atoms with van der Waals surface area (Å²) in [5, 5.41) is 7.87. The SMILES string of the molecule is O=c1c(Cl)c(NCC(C2CCOC2)N2CCOCC2)cnn1Cc1ccccc1. The number of anilines is 1. The molecular formula is C21H27ClN4O3. The first-order valence-electron chi connectivity index (χ1n) is 10.2. The van der Waals surface area contributed by atoms with Gasteiger partial charge in [-0.15, -0.1) is 0 Å². The molecule has 2 saturated heterocycles. The van der Waals surface area contributed by atoms with Gasteiger partial charge in [-0.25, -0.2) is 4.68 Å². The molecule has 156 valence electrons. The molecule has 0 radical (unpaired) electrons. The number of ether oxygens (including phenoxy) is 2. The molecule has 2 aliphatic heterocycles. The third kappa shape index (κ3) is 4.98. The van der Waals surface area contributed by atoms with Crippen LogP contribution in [-0.4, -0.2) is 66.8 Å². The van der Waals surface area contributed by atoms with Gasteiger partial charge in [0.15, 0.2) is 0 Å². The third-order valence-corrected chi connectivity index (χ3v) is 6.05. The first kappa shape index (κ1) is 20.3. The molecule has 1 aromatic heterocycles. The Morgan fingerprint density at radius 1 is 1.17 bits per heavy atom. The highest BCUT2D eigenvalue weighted by Gasteiger charge is 2.31. The summed E-state index contributed by atoms with van der Waals surface area (Å²) in [6.07, 6.45) is 2.70. The molecule has 0 spiro atoms. The number of nitrogens with zero attached hydrogens (tertiary/aromatic N) is 3. The lowest BCUT2D eigenvalue weighted by molar-refractivity contribution is 0.00461. The molecule has 2 fully saturated rings. The van der Waals surface area contributed by atoms with Crippen molar-refractivity contribution in [1.29, 1.82) is 0 Å². The Labute approximate surface area is 175 Å². The van der Waals surface area contributed by atoms with Crippen LogP contribution in [0, 0.1) is 5.92 Å². The fraction of sp³-hybridized carbons (Fsp3) is 0.524. The van der Waals surface area contributed by atoms with Crippen molar-refractivity contribution >= 4 is 17.3 Å². The topological polar surface area (TPSA) is 68.6 Å². The Morgan fingerprint density at radius 2 is 1.97 bits per heavy atom. The van der Waals surface area contributed by atoms with E-state index in [1.807, 2.05) is 30.3 Å². The Bertz CT molecular complexity index is 849. The van der Waals surface area contributed by atoms with Crippen LogP contribution in [0.1, 0.15) is 12.0 Å². The van der Waals surface area contributed by atoms with Crippen LogP contribution in [0.25, 0.3) is 0 Å². The van der Waals surface area contributed by atoms with Gasteiger partial charge in [0.25, 0.3) is 5.56 Å². The molecule has 1 N–H and O–H groups in total. The predicted molar refractivity (Wildman–Crippen MR) is 113 cm³/mol. The smallest absolute Gasteiger partial charge is 0.287 e. The zero-order chi connectivity index (χ0) is 20.1. The number of aromatic nitrogens is 2. The summed E-state index contributed by atoms with van der Waals surface area (Å²) < 4.78 is 12.5. The van der Waals surface area contributed by atoms with Crippen molar-refractivity contribution in [3.05, 3.63) is 57.5 Å². The second kappa shape index (κ2) is 9.71. The summed E-state index contributed by atoms with van der Waals surface area (Å²) in [5.41, 5.74) is 1.30. The predicted octanol–water partition coefficient (Wildman–Crippen LogP) is 2.09. The highest BCUT2D eigenvalue weighted by atomic mass is 35.5. The molecule has 0 aliphatic carbocycles. The monoisotopic (exact) mass is 418 g/mol. The molecule has 2 unspecified atom stereocenters. The van der Waals surface area contributed by atoms with Gasteiger partial charge in [0, 0.05) is 38.2 Å². The average molecular weight is 419 g/mol. The van der Waals surface area contributed by atoms with Crippen LogP contribution in [0.3, 0.4) is 0 Å². The number of hydrogen-bond donors (Lipinski definition) is 1. The van der Waals surface area contributed by atoms with E-state index in [0.29, 0.717) is 30.7 Å². The van der Waals surface area contributed by atoms with Crippen LogP contribution in [0.15, 0.2) is 41.3 Å². The zero-order valence-electron chi connectivity index (χ0n) is 16.4. The fourth-order valence-corrected chi connectivity index (χ4v) is 4.24. The van der Waals surface area contributed by atoms with Gasteiger partial charge in [0.2, 0.25) is 0 Å². The Hall–Kier alpha value is -1.93. The minimum atomic E-state index is -0.285. The van der Waals surface area contributed by atoms with Gasteiger partial charge in [0.05, 0.1) is 38.2 Å². The quantitative estimate of drug-likeness (QED) is 0.742. The lowest BCUT2D eigenvalue weighted by atomic mass is 9.97. The van der Waals surface area contributed by atoms with E-state index >= 15 is 0 Å². The van der Waals surface area contributed by atoms with Crippen molar-refractivity contribution in [2.45, 2.75) is 19.0 Å². The van der Waals surface area contributed by atoms with E-state index in [2.05, 4.69) is 15.3 Å². The van der Waals surface area contributed by atoms with Crippen LogP contribution in [0.2, 0.25) is 5.02 Å². The molecule has 4 rings (SSSR count). The second-order valence-electron chi connectivity index (χ2n) is 7.54. The van der Waals surface area contributed by atoms with Crippen molar-refractivity contribution in [2.24, 2.45) is 5.92 Å². The van der Waals surface area contributed by atoms with Crippen LogP contribution >= 0.6 is 11.6 Å². The zero-order valence-corrected chi connectivity index (χ0v) is 17.2. The maximum absolute atomic E-state index is 12.7. The van der Waals surface area contributed by atoms with Gasteiger partial charge in [0.1, 0.15) is 5.02 Å². The normalized spacial score (nSPS) is 21.2. The van der Waals surface area contributed by atoms with Crippen LogP contribution in [-0.2, 0) is 16.0 Å². The van der Waals surface area contributed by atoms with Gasteiger partial charge in [-0.2, -0.15) is 5.10 Å². The maximum atomic E-state index is 12.7. The number of halogens is 1. The van der Waals surface area contributed by atoms with Crippen molar-refractivity contribution in [3.63, 3.8) is 0 Å². The Morgan fingerprint density at radius 3 is 2.69 bits per heavy atom.